The Bertz CT molecular complexity index is 1370. The zero-order chi connectivity index (χ0) is 34.4. The molecule has 7 aliphatic rings. The largest absolute Gasteiger partial charge is 0.387 e. The Labute approximate surface area is 286 Å². The molecule has 0 unspecified atom stereocenters. The van der Waals surface area contributed by atoms with Gasteiger partial charge in [0, 0.05) is 43.6 Å². The van der Waals surface area contributed by atoms with Crippen molar-refractivity contribution in [3.8, 4) is 11.8 Å². The summed E-state index contributed by atoms with van der Waals surface area (Å²) < 4.78 is 17.8. The molecule has 9 heteroatoms. The highest BCUT2D eigenvalue weighted by atomic mass is 16.5. The van der Waals surface area contributed by atoms with Crippen LogP contribution in [0.4, 0.5) is 0 Å². The van der Waals surface area contributed by atoms with Crippen molar-refractivity contribution in [2.24, 2.45) is 45.8 Å². The lowest BCUT2D eigenvalue weighted by molar-refractivity contribution is -0.223. The molecular weight excluding hydrogens is 610 g/mol. The van der Waals surface area contributed by atoms with E-state index in [0.717, 1.165) is 44.1 Å². The molecule has 2 aliphatic heterocycles. The number of ether oxygens (including phenoxy) is 3. The summed E-state index contributed by atoms with van der Waals surface area (Å²) in [6, 6.07) is -0.0562. The molecule has 0 amide bonds. The second-order valence-corrected chi connectivity index (χ2v) is 17.3. The van der Waals surface area contributed by atoms with Crippen LogP contribution in [0.3, 0.4) is 0 Å². The second kappa shape index (κ2) is 12.1. The van der Waals surface area contributed by atoms with Crippen molar-refractivity contribution in [3.63, 3.8) is 0 Å². The third-order valence-corrected chi connectivity index (χ3v) is 15.4. The maximum absolute atomic E-state index is 14.1. The highest BCUT2D eigenvalue weighted by molar-refractivity contribution is 5.95. The Balaban J connectivity index is 1.27. The van der Waals surface area contributed by atoms with Gasteiger partial charge in [-0.05, 0) is 106 Å². The molecule has 16 atom stereocenters. The highest BCUT2D eigenvalue weighted by Crippen LogP contribution is 2.73. The molecule has 3 bridgehead atoms. The van der Waals surface area contributed by atoms with Crippen molar-refractivity contribution >= 4 is 5.78 Å². The number of allylic oxidation sites excluding steroid dienone is 1. The fourth-order valence-electron chi connectivity index (χ4n) is 12.3. The maximum atomic E-state index is 14.1. The summed E-state index contributed by atoms with van der Waals surface area (Å²) in [5.74, 6) is 6.99. The van der Waals surface area contributed by atoms with Crippen LogP contribution in [0.1, 0.15) is 98.8 Å². The van der Waals surface area contributed by atoms with Crippen LogP contribution in [0.2, 0.25) is 0 Å². The van der Waals surface area contributed by atoms with Gasteiger partial charge < -0.3 is 34.6 Å². The van der Waals surface area contributed by atoms with E-state index in [4.69, 9.17) is 14.2 Å². The molecule has 5 N–H and O–H groups in total. The lowest BCUT2D eigenvalue weighted by atomic mass is 9.43. The first-order valence-corrected chi connectivity index (χ1v) is 18.8. The second-order valence-electron chi connectivity index (χ2n) is 17.3. The summed E-state index contributed by atoms with van der Waals surface area (Å²) in [5.41, 5.74) is -4.71. The summed E-state index contributed by atoms with van der Waals surface area (Å²) in [7, 11) is 1.69. The van der Waals surface area contributed by atoms with Crippen molar-refractivity contribution in [2.45, 2.75) is 147 Å². The van der Waals surface area contributed by atoms with Crippen LogP contribution < -0.4 is 5.32 Å². The van der Waals surface area contributed by atoms with Gasteiger partial charge in [0.05, 0.1) is 23.2 Å². The lowest BCUT2D eigenvalue weighted by Gasteiger charge is -2.62. The predicted molar refractivity (Wildman–Crippen MR) is 179 cm³/mol. The van der Waals surface area contributed by atoms with E-state index in [9.17, 15) is 25.2 Å². The Morgan fingerprint density at radius 2 is 1.79 bits per heavy atom. The third kappa shape index (κ3) is 4.69. The molecule has 0 aromatic carbocycles. The molecule has 48 heavy (non-hydrogen) atoms. The number of aliphatic hydroxyl groups excluding tert-OH is 2. The zero-order valence-electron chi connectivity index (χ0n) is 29.8. The summed E-state index contributed by atoms with van der Waals surface area (Å²) in [5, 5.41) is 52.6. The van der Waals surface area contributed by atoms with Gasteiger partial charge in [0.25, 0.3) is 0 Å². The van der Waals surface area contributed by atoms with Crippen LogP contribution in [0, 0.1) is 57.7 Å². The van der Waals surface area contributed by atoms with Gasteiger partial charge in [-0.1, -0.05) is 39.5 Å². The first-order valence-electron chi connectivity index (χ1n) is 18.8. The van der Waals surface area contributed by atoms with E-state index in [1.165, 1.54) is 0 Å². The number of piperidine rings is 1. The first-order chi connectivity index (χ1) is 22.7. The lowest BCUT2D eigenvalue weighted by Crippen LogP contribution is -2.68. The van der Waals surface area contributed by atoms with Gasteiger partial charge in [0.2, 0.25) is 0 Å². The fourth-order valence-corrected chi connectivity index (χ4v) is 12.3. The van der Waals surface area contributed by atoms with E-state index in [0.29, 0.717) is 38.9 Å². The number of methoxy groups -OCH3 is 1. The molecule has 1 spiro atoms. The van der Waals surface area contributed by atoms with Gasteiger partial charge in [-0.2, -0.15) is 0 Å². The molecule has 2 heterocycles. The Hall–Kier alpha value is -1.35. The number of hydrogen-bond acceptors (Lipinski definition) is 9. The third-order valence-electron chi connectivity index (χ3n) is 15.4. The van der Waals surface area contributed by atoms with Gasteiger partial charge in [-0.15, -0.1) is 0 Å². The summed E-state index contributed by atoms with van der Waals surface area (Å²) >= 11 is 0. The first kappa shape index (κ1) is 35.1. The fraction of sp³-hybridized carbons (Fsp3) is 0.872. The normalized spacial score (nSPS) is 54.1. The standard InChI is InChI=1S/C39H59NO8/c1-7-23-9-14-38(37(5,44)33(42)31-22(2)25-20-29(23)40-34(43)32(25)48-31)15-16-39(45)27-21-30(41)28-19-24(47-18-8-17-46-6)10-12-35(28,3)26(27)11-13-36(38,39)4/h21-26,28-29,31-34,40,42-45H,7-8,10-13,15-20H2,1-6H3/t22-,23+,24+,25-,26+,28+,29+,31-,32-,33-,34+,35-,36-,37-,38+,39-/m1/s1. The maximum Gasteiger partial charge on any atom is 0.159 e. The molecule has 5 fully saturated rings. The minimum atomic E-state index is -1.75. The number of ketones is 1. The topological polar surface area (TPSA) is 138 Å². The van der Waals surface area contributed by atoms with Crippen molar-refractivity contribution in [1.29, 1.82) is 0 Å². The Morgan fingerprint density at radius 1 is 1.02 bits per heavy atom. The average molecular weight is 670 g/mol. The number of carbonyl (C=O) groups is 1. The smallest absolute Gasteiger partial charge is 0.159 e. The molecule has 0 aromatic rings. The van der Waals surface area contributed by atoms with E-state index in [2.05, 4.69) is 37.9 Å². The predicted octanol–water partition coefficient (Wildman–Crippen LogP) is 3.51. The molecule has 0 aromatic heterocycles. The summed E-state index contributed by atoms with van der Waals surface area (Å²) in [6.45, 7) is 11.4. The van der Waals surface area contributed by atoms with Gasteiger partial charge in [0.15, 0.2) is 5.78 Å². The van der Waals surface area contributed by atoms with Crippen molar-refractivity contribution in [2.75, 3.05) is 20.3 Å². The highest BCUT2D eigenvalue weighted by Gasteiger charge is 2.76. The van der Waals surface area contributed by atoms with Crippen molar-refractivity contribution < 1.29 is 39.4 Å². The van der Waals surface area contributed by atoms with Gasteiger partial charge >= 0.3 is 0 Å². The zero-order valence-corrected chi connectivity index (χ0v) is 29.8. The van der Waals surface area contributed by atoms with Crippen LogP contribution in [0.25, 0.3) is 0 Å². The van der Waals surface area contributed by atoms with E-state index in [1.54, 1.807) is 20.1 Å². The van der Waals surface area contributed by atoms with Crippen LogP contribution >= 0.6 is 0 Å². The van der Waals surface area contributed by atoms with E-state index < -0.39 is 46.6 Å². The quantitative estimate of drug-likeness (QED) is 0.213. The summed E-state index contributed by atoms with van der Waals surface area (Å²) in [6.07, 6.45) is 5.37. The Morgan fingerprint density at radius 3 is 2.52 bits per heavy atom. The Kier molecular flexibility index (Phi) is 8.86. The average Bonchev–Trinajstić information content (AvgIpc) is 3.51. The molecular formula is C39H59NO8. The van der Waals surface area contributed by atoms with Crippen molar-refractivity contribution in [3.05, 3.63) is 11.6 Å². The van der Waals surface area contributed by atoms with Crippen LogP contribution in [-0.2, 0) is 19.0 Å². The van der Waals surface area contributed by atoms with Crippen LogP contribution in [0.15, 0.2) is 11.6 Å². The van der Waals surface area contributed by atoms with Gasteiger partial charge in [-0.3, -0.25) is 10.1 Å². The molecule has 5 aliphatic carbocycles. The molecule has 3 saturated carbocycles. The minimum Gasteiger partial charge on any atom is -0.387 e. The molecule has 7 rings (SSSR count). The van der Waals surface area contributed by atoms with E-state index in [1.807, 2.05) is 6.92 Å². The molecule has 268 valence electrons. The minimum absolute atomic E-state index is 0.0241. The van der Waals surface area contributed by atoms with E-state index >= 15 is 0 Å². The van der Waals surface area contributed by atoms with Gasteiger partial charge in [-0.25, -0.2) is 0 Å². The number of hydrogen-bond donors (Lipinski definition) is 5. The number of fused-ring (bicyclic) bond motifs is 8. The molecule has 9 nitrogen and oxygen atoms in total. The summed E-state index contributed by atoms with van der Waals surface area (Å²) in [4.78, 5) is 14.1. The van der Waals surface area contributed by atoms with Crippen molar-refractivity contribution in [1.82, 2.24) is 5.32 Å². The number of carbonyl (C=O) groups excluding carboxylic acids is 1. The van der Waals surface area contributed by atoms with E-state index in [-0.39, 0.29) is 52.9 Å². The molecule has 2 saturated heterocycles. The molecule has 0 radical (unpaired) electrons. The number of nitrogens with one attached hydrogen (secondary N) is 1. The van der Waals surface area contributed by atoms with Crippen LogP contribution in [-0.4, -0.2) is 94.4 Å². The van der Waals surface area contributed by atoms with Crippen LogP contribution in [0.5, 0.6) is 0 Å². The SMILES string of the molecule is CC[C@H]1C#C[C@@]2(CC[C@@]3(O)C4=CC(=O)[C@@H]5C[C@@H](OCCCOC)CC[C@]5(C)[C@H]4CC[C@]23C)[C@](C)(O)[C@H](O)[C@@H]2O[C@@H]3[C@H](C[C@@H]1N[C@H]3O)[C@H]2C. The van der Waals surface area contributed by atoms with Gasteiger partial charge in [0.1, 0.15) is 24.0 Å². The number of aliphatic hydroxyl groups is 4. The monoisotopic (exact) mass is 669 g/mol. The number of rotatable bonds is 6.